The van der Waals surface area contributed by atoms with E-state index in [1.807, 2.05) is 0 Å². The second kappa shape index (κ2) is 6.08. The zero-order chi connectivity index (χ0) is 12.1. The van der Waals surface area contributed by atoms with Gasteiger partial charge in [0.1, 0.15) is 5.54 Å². The molecule has 1 unspecified atom stereocenters. The van der Waals surface area contributed by atoms with Crippen molar-refractivity contribution in [2.45, 2.75) is 45.2 Å². The van der Waals surface area contributed by atoms with Crippen LogP contribution in [0.4, 0.5) is 0 Å². The maximum Gasteiger partial charge on any atom is 0.325 e. The molecule has 1 atom stereocenters. The van der Waals surface area contributed by atoms with E-state index in [2.05, 4.69) is 30.5 Å². The highest BCUT2D eigenvalue weighted by atomic mass is 16.5. The number of nitrogens with zero attached hydrogens (tertiary/aromatic N) is 1. The van der Waals surface area contributed by atoms with Gasteiger partial charge in [0.2, 0.25) is 0 Å². The number of carbonyl (C=O) groups excluding carboxylic acids is 1. The van der Waals surface area contributed by atoms with Crippen molar-refractivity contribution in [2.24, 2.45) is 5.73 Å². The number of carbonyl (C=O) groups is 1. The molecule has 0 aliphatic carbocycles. The number of esters is 1. The Labute approximate surface area is 92.8 Å². The highest BCUT2D eigenvalue weighted by Gasteiger charge is 2.28. The van der Waals surface area contributed by atoms with Gasteiger partial charge in [-0.1, -0.05) is 0 Å². The maximum absolute atomic E-state index is 11.3. The first-order chi connectivity index (χ1) is 6.81. The second-order valence-corrected chi connectivity index (χ2v) is 4.59. The van der Waals surface area contributed by atoms with Crippen LogP contribution in [0.3, 0.4) is 0 Å². The molecule has 0 heterocycles. The lowest BCUT2D eigenvalue weighted by Gasteiger charge is -2.25. The molecule has 0 bridgehead atoms. The molecule has 2 N–H and O–H groups in total. The lowest BCUT2D eigenvalue weighted by atomic mass is 9.97. The van der Waals surface area contributed by atoms with E-state index < -0.39 is 5.54 Å². The van der Waals surface area contributed by atoms with E-state index in [1.54, 1.807) is 6.92 Å². The van der Waals surface area contributed by atoms with Crippen LogP contribution in [-0.4, -0.2) is 43.2 Å². The molecule has 0 aromatic rings. The van der Waals surface area contributed by atoms with Crippen molar-refractivity contribution in [3.05, 3.63) is 0 Å². The van der Waals surface area contributed by atoms with E-state index in [0.717, 1.165) is 13.0 Å². The molecule has 0 rings (SSSR count). The Balaban J connectivity index is 3.90. The lowest BCUT2D eigenvalue weighted by Crippen LogP contribution is -2.46. The maximum atomic E-state index is 11.3. The highest BCUT2D eigenvalue weighted by Crippen LogP contribution is 2.11. The number of hydrogen-bond donors (Lipinski definition) is 1. The van der Waals surface area contributed by atoms with Gasteiger partial charge in [0, 0.05) is 6.04 Å². The summed E-state index contributed by atoms with van der Waals surface area (Å²) in [4.78, 5) is 13.5. The second-order valence-electron chi connectivity index (χ2n) is 4.59. The summed E-state index contributed by atoms with van der Waals surface area (Å²) in [6, 6.07) is 0.521. The molecular weight excluding hydrogens is 192 g/mol. The highest BCUT2D eigenvalue weighted by molar-refractivity contribution is 5.79. The van der Waals surface area contributed by atoms with Gasteiger partial charge >= 0.3 is 5.97 Å². The van der Waals surface area contributed by atoms with Crippen molar-refractivity contribution >= 4 is 5.97 Å². The minimum absolute atomic E-state index is 0.338. The van der Waals surface area contributed by atoms with Crippen molar-refractivity contribution in [1.29, 1.82) is 0 Å². The minimum atomic E-state index is -0.855. The molecule has 90 valence electrons. The van der Waals surface area contributed by atoms with Crippen molar-refractivity contribution in [2.75, 3.05) is 20.7 Å². The molecule has 0 saturated carbocycles. The monoisotopic (exact) mass is 216 g/mol. The van der Waals surface area contributed by atoms with E-state index in [4.69, 9.17) is 5.73 Å². The quantitative estimate of drug-likeness (QED) is 0.673. The first-order valence-electron chi connectivity index (χ1n) is 5.39. The van der Waals surface area contributed by atoms with Crippen LogP contribution in [0.25, 0.3) is 0 Å². The molecule has 0 aliphatic heterocycles. The van der Waals surface area contributed by atoms with Crippen LogP contribution in [0.2, 0.25) is 0 Å². The average molecular weight is 216 g/mol. The van der Waals surface area contributed by atoms with E-state index in [-0.39, 0.29) is 5.97 Å². The fraction of sp³-hybridized carbons (Fsp3) is 0.909. The van der Waals surface area contributed by atoms with E-state index in [1.165, 1.54) is 7.11 Å². The molecule has 0 saturated heterocycles. The summed E-state index contributed by atoms with van der Waals surface area (Å²) >= 11 is 0. The molecule has 0 amide bonds. The average Bonchev–Trinajstić information content (AvgIpc) is 2.15. The van der Waals surface area contributed by atoms with E-state index in [9.17, 15) is 4.79 Å². The fourth-order valence-electron chi connectivity index (χ4n) is 1.29. The molecule has 15 heavy (non-hydrogen) atoms. The fourth-order valence-corrected chi connectivity index (χ4v) is 1.29. The zero-order valence-corrected chi connectivity index (χ0v) is 10.5. The minimum Gasteiger partial charge on any atom is -0.468 e. The van der Waals surface area contributed by atoms with Crippen molar-refractivity contribution in [3.8, 4) is 0 Å². The first kappa shape index (κ1) is 14.4. The van der Waals surface area contributed by atoms with Crippen LogP contribution in [0.1, 0.15) is 33.6 Å². The smallest absolute Gasteiger partial charge is 0.325 e. The molecule has 0 aliphatic rings. The third-order valence-electron chi connectivity index (χ3n) is 2.74. The predicted octanol–water partition coefficient (Wildman–Crippen LogP) is 0.997. The number of ether oxygens (including phenoxy) is 1. The van der Waals surface area contributed by atoms with Crippen LogP contribution in [-0.2, 0) is 9.53 Å². The van der Waals surface area contributed by atoms with Crippen LogP contribution < -0.4 is 5.73 Å². The number of rotatable bonds is 6. The molecule has 4 heteroatoms. The van der Waals surface area contributed by atoms with Crippen LogP contribution in [0.5, 0.6) is 0 Å². The lowest BCUT2D eigenvalue weighted by molar-refractivity contribution is -0.146. The molecule has 0 radical (unpaired) electrons. The third-order valence-corrected chi connectivity index (χ3v) is 2.74. The van der Waals surface area contributed by atoms with Gasteiger partial charge in [0.25, 0.3) is 0 Å². The normalized spacial score (nSPS) is 15.5. The van der Waals surface area contributed by atoms with Crippen molar-refractivity contribution < 1.29 is 9.53 Å². The summed E-state index contributed by atoms with van der Waals surface area (Å²) in [7, 11) is 3.43. The van der Waals surface area contributed by atoms with Crippen LogP contribution in [0, 0.1) is 0 Å². The van der Waals surface area contributed by atoms with Gasteiger partial charge in [0.15, 0.2) is 0 Å². The Morgan fingerprint density at radius 2 is 2.07 bits per heavy atom. The number of hydrogen-bond acceptors (Lipinski definition) is 4. The Morgan fingerprint density at radius 1 is 1.53 bits per heavy atom. The predicted molar refractivity (Wildman–Crippen MR) is 61.6 cm³/mol. The van der Waals surface area contributed by atoms with Crippen molar-refractivity contribution in [3.63, 3.8) is 0 Å². The van der Waals surface area contributed by atoms with Gasteiger partial charge in [-0.05, 0) is 47.2 Å². The SMILES string of the molecule is COC(=O)C(C)(N)CCCN(C)C(C)C. The van der Waals surface area contributed by atoms with Gasteiger partial charge in [0.05, 0.1) is 7.11 Å². The molecule has 4 nitrogen and oxygen atoms in total. The Morgan fingerprint density at radius 3 is 2.47 bits per heavy atom. The van der Waals surface area contributed by atoms with Gasteiger partial charge in [-0.3, -0.25) is 4.79 Å². The summed E-state index contributed by atoms with van der Waals surface area (Å²) < 4.78 is 4.64. The third kappa shape index (κ3) is 5.14. The largest absolute Gasteiger partial charge is 0.468 e. The number of methoxy groups -OCH3 is 1. The van der Waals surface area contributed by atoms with E-state index in [0.29, 0.717) is 12.5 Å². The van der Waals surface area contributed by atoms with Crippen molar-refractivity contribution in [1.82, 2.24) is 4.90 Å². The van der Waals surface area contributed by atoms with Gasteiger partial charge in [-0.25, -0.2) is 0 Å². The van der Waals surface area contributed by atoms with Gasteiger partial charge in [-0.15, -0.1) is 0 Å². The van der Waals surface area contributed by atoms with Gasteiger partial charge < -0.3 is 15.4 Å². The number of nitrogens with two attached hydrogens (primary N) is 1. The molecular formula is C11H24N2O2. The van der Waals surface area contributed by atoms with Crippen LogP contribution in [0.15, 0.2) is 0 Å². The summed E-state index contributed by atoms with van der Waals surface area (Å²) in [6.45, 7) is 6.94. The summed E-state index contributed by atoms with van der Waals surface area (Å²) in [5.41, 5.74) is 4.99. The van der Waals surface area contributed by atoms with E-state index >= 15 is 0 Å². The van der Waals surface area contributed by atoms with Crippen LogP contribution >= 0.6 is 0 Å². The summed E-state index contributed by atoms with van der Waals surface area (Å²) in [6.07, 6.45) is 1.55. The Bertz CT molecular complexity index is 203. The molecule has 0 fully saturated rings. The molecule has 0 spiro atoms. The Hall–Kier alpha value is -0.610. The standard InChI is InChI=1S/C11H24N2O2/c1-9(2)13(4)8-6-7-11(3,12)10(14)15-5/h9H,6-8,12H2,1-5H3. The molecule has 0 aromatic heterocycles. The zero-order valence-electron chi connectivity index (χ0n) is 10.5. The summed E-state index contributed by atoms with van der Waals surface area (Å²) in [5, 5.41) is 0. The summed E-state index contributed by atoms with van der Waals surface area (Å²) in [5.74, 6) is -0.338. The van der Waals surface area contributed by atoms with Gasteiger partial charge in [-0.2, -0.15) is 0 Å². The Kier molecular flexibility index (Phi) is 5.83. The first-order valence-corrected chi connectivity index (χ1v) is 5.39. The topological polar surface area (TPSA) is 55.6 Å². The molecule has 0 aromatic carbocycles.